The van der Waals surface area contributed by atoms with E-state index < -0.39 is 0 Å². The first-order valence-electron chi connectivity index (χ1n) is 5.51. The maximum absolute atomic E-state index is 11.4. The van der Waals surface area contributed by atoms with E-state index in [0.29, 0.717) is 30.8 Å². The third-order valence-electron chi connectivity index (χ3n) is 3.23. The molecule has 0 radical (unpaired) electrons. The van der Waals surface area contributed by atoms with Crippen molar-refractivity contribution >= 4 is 5.78 Å². The number of ketones is 1. The van der Waals surface area contributed by atoms with Gasteiger partial charge in [0.1, 0.15) is 5.78 Å². The predicted octanol–water partition coefficient (Wildman–Crippen LogP) is 2.41. The summed E-state index contributed by atoms with van der Waals surface area (Å²) in [5.41, 5.74) is 1.29. The lowest BCUT2D eigenvalue weighted by Gasteiger charge is -2.27. The van der Waals surface area contributed by atoms with Crippen LogP contribution < -0.4 is 0 Å². The summed E-state index contributed by atoms with van der Waals surface area (Å²) < 4.78 is 0. The van der Waals surface area contributed by atoms with Gasteiger partial charge in [-0.05, 0) is 19.4 Å². The van der Waals surface area contributed by atoms with E-state index >= 15 is 0 Å². The Labute approximate surface area is 90.9 Å². The van der Waals surface area contributed by atoms with Gasteiger partial charge in [-0.3, -0.25) is 9.69 Å². The summed E-state index contributed by atoms with van der Waals surface area (Å²) in [4.78, 5) is 13.6. The van der Waals surface area contributed by atoms with Crippen LogP contribution in [0.15, 0.2) is 30.3 Å². The van der Waals surface area contributed by atoms with E-state index in [-0.39, 0.29) is 0 Å². The Morgan fingerprint density at radius 3 is 2.53 bits per heavy atom. The molecule has 2 rings (SSSR count). The molecule has 1 aliphatic rings. The Morgan fingerprint density at radius 1 is 1.33 bits per heavy atom. The Bertz CT molecular complexity index is 347. The first kappa shape index (κ1) is 10.4. The summed E-state index contributed by atoms with van der Waals surface area (Å²) >= 11 is 0. The third kappa shape index (κ3) is 2.10. The molecule has 0 saturated carbocycles. The second-order valence-electron chi connectivity index (χ2n) is 4.35. The normalized spacial score (nSPS) is 24.4. The molecule has 0 aliphatic carbocycles. The molecule has 1 heterocycles. The van der Waals surface area contributed by atoms with Crippen LogP contribution in [0.3, 0.4) is 0 Å². The van der Waals surface area contributed by atoms with Gasteiger partial charge in [0.15, 0.2) is 0 Å². The molecule has 0 aromatic heterocycles. The molecule has 1 aromatic rings. The summed E-state index contributed by atoms with van der Waals surface area (Å²) in [6.45, 7) is 4.91. The molecular weight excluding hydrogens is 186 g/mol. The fraction of sp³-hybridized carbons (Fsp3) is 0.462. The largest absolute Gasteiger partial charge is 0.298 e. The van der Waals surface area contributed by atoms with Gasteiger partial charge in [0.2, 0.25) is 0 Å². The van der Waals surface area contributed by atoms with Gasteiger partial charge in [-0.25, -0.2) is 0 Å². The van der Waals surface area contributed by atoms with E-state index in [4.69, 9.17) is 0 Å². The summed E-state index contributed by atoms with van der Waals surface area (Å²) in [5.74, 6) is 0.366. The van der Waals surface area contributed by atoms with Crippen LogP contribution in [0.25, 0.3) is 0 Å². The van der Waals surface area contributed by atoms with Crippen molar-refractivity contribution in [3.8, 4) is 0 Å². The van der Waals surface area contributed by atoms with E-state index in [1.54, 1.807) is 0 Å². The molecular formula is C13H17NO. The highest BCUT2D eigenvalue weighted by Crippen LogP contribution is 2.27. The average Bonchev–Trinajstić information content (AvgIpc) is 2.58. The summed E-state index contributed by atoms with van der Waals surface area (Å²) in [6.07, 6.45) is 0.706. The number of likely N-dealkylation sites (tertiary alicyclic amines) is 1. The molecule has 1 saturated heterocycles. The minimum absolute atomic E-state index is 0.340. The van der Waals surface area contributed by atoms with Gasteiger partial charge in [0.25, 0.3) is 0 Å². The zero-order chi connectivity index (χ0) is 10.8. The topological polar surface area (TPSA) is 20.3 Å². The highest BCUT2D eigenvalue weighted by Gasteiger charge is 2.30. The van der Waals surface area contributed by atoms with Gasteiger partial charge in [0.05, 0.1) is 6.54 Å². The van der Waals surface area contributed by atoms with Crippen LogP contribution in [-0.4, -0.2) is 23.3 Å². The highest BCUT2D eigenvalue weighted by atomic mass is 16.1. The van der Waals surface area contributed by atoms with Crippen LogP contribution in [0.1, 0.15) is 31.9 Å². The number of carbonyl (C=O) groups excluding carboxylic acids is 1. The Balaban J connectivity index is 2.15. The van der Waals surface area contributed by atoms with Crippen LogP contribution in [0.4, 0.5) is 0 Å². The zero-order valence-corrected chi connectivity index (χ0v) is 9.31. The number of nitrogens with zero attached hydrogens (tertiary/aromatic N) is 1. The molecule has 1 aliphatic heterocycles. The number of hydrogen-bond acceptors (Lipinski definition) is 2. The number of hydrogen-bond donors (Lipinski definition) is 0. The monoisotopic (exact) mass is 203 g/mol. The number of Topliss-reactive ketones (excluding diaryl/α,β-unsaturated/α-hetero) is 1. The average molecular weight is 203 g/mol. The maximum atomic E-state index is 11.4. The molecule has 0 N–H and O–H groups in total. The molecule has 0 amide bonds. The summed E-state index contributed by atoms with van der Waals surface area (Å²) in [7, 11) is 0. The van der Waals surface area contributed by atoms with E-state index in [1.807, 2.05) is 18.2 Å². The van der Waals surface area contributed by atoms with Crippen LogP contribution in [0, 0.1) is 0 Å². The molecule has 1 fully saturated rings. The fourth-order valence-corrected chi connectivity index (χ4v) is 2.31. The standard InChI is InChI=1S/C13H17NO/c1-10-8-13(15)9-14(10)11(2)12-6-4-3-5-7-12/h3-7,10-11H,8-9H2,1-2H3/t10?,11-/m0/s1. The van der Waals surface area contributed by atoms with Crippen molar-refractivity contribution in [2.45, 2.75) is 32.4 Å². The molecule has 2 heteroatoms. The van der Waals surface area contributed by atoms with E-state index in [2.05, 4.69) is 30.9 Å². The van der Waals surface area contributed by atoms with Gasteiger partial charge < -0.3 is 0 Å². The molecule has 2 nitrogen and oxygen atoms in total. The Morgan fingerprint density at radius 2 is 2.00 bits per heavy atom. The van der Waals surface area contributed by atoms with Crippen molar-refractivity contribution in [3.05, 3.63) is 35.9 Å². The van der Waals surface area contributed by atoms with E-state index in [1.165, 1.54) is 5.56 Å². The molecule has 15 heavy (non-hydrogen) atoms. The van der Waals surface area contributed by atoms with Crippen molar-refractivity contribution in [2.75, 3.05) is 6.54 Å². The first-order chi connectivity index (χ1) is 7.18. The van der Waals surface area contributed by atoms with Crippen molar-refractivity contribution in [1.82, 2.24) is 4.90 Å². The smallest absolute Gasteiger partial charge is 0.148 e. The quantitative estimate of drug-likeness (QED) is 0.735. The SMILES string of the molecule is CC1CC(=O)CN1[C@@H](C)c1ccccc1. The van der Waals surface area contributed by atoms with E-state index in [0.717, 1.165) is 0 Å². The predicted molar refractivity (Wildman–Crippen MR) is 60.6 cm³/mol. The maximum Gasteiger partial charge on any atom is 0.148 e. The van der Waals surface area contributed by atoms with Gasteiger partial charge >= 0.3 is 0 Å². The summed E-state index contributed by atoms with van der Waals surface area (Å²) in [6, 6.07) is 11.1. The lowest BCUT2D eigenvalue weighted by molar-refractivity contribution is -0.117. The minimum Gasteiger partial charge on any atom is -0.298 e. The number of carbonyl (C=O) groups is 1. The summed E-state index contributed by atoms with van der Waals surface area (Å²) in [5, 5.41) is 0. The first-order valence-corrected chi connectivity index (χ1v) is 5.51. The van der Waals surface area contributed by atoms with Crippen molar-refractivity contribution in [1.29, 1.82) is 0 Å². The second kappa shape index (κ2) is 4.15. The zero-order valence-electron chi connectivity index (χ0n) is 9.31. The van der Waals surface area contributed by atoms with Crippen molar-refractivity contribution in [2.24, 2.45) is 0 Å². The molecule has 1 aromatic carbocycles. The van der Waals surface area contributed by atoms with Crippen LogP contribution in [0.5, 0.6) is 0 Å². The third-order valence-corrected chi connectivity index (χ3v) is 3.23. The number of rotatable bonds is 2. The number of benzene rings is 1. The fourth-order valence-electron chi connectivity index (χ4n) is 2.31. The minimum atomic E-state index is 0.340. The molecule has 2 atom stereocenters. The van der Waals surface area contributed by atoms with Gasteiger partial charge in [0, 0.05) is 18.5 Å². The molecule has 1 unspecified atom stereocenters. The van der Waals surface area contributed by atoms with Crippen LogP contribution in [0.2, 0.25) is 0 Å². The van der Waals surface area contributed by atoms with Gasteiger partial charge in [-0.15, -0.1) is 0 Å². The molecule has 0 spiro atoms. The highest BCUT2D eigenvalue weighted by molar-refractivity contribution is 5.83. The lowest BCUT2D eigenvalue weighted by Crippen LogP contribution is -2.30. The second-order valence-corrected chi connectivity index (χ2v) is 4.35. The van der Waals surface area contributed by atoms with Gasteiger partial charge in [-0.1, -0.05) is 30.3 Å². The molecule has 0 bridgehead atoms. The van der Waals surface area contributed by atoms with Crippen molar-refractivity contribution in [3.63, 3.8) is 0 Å². The van der Waals surface area contributed by atoms with Crippen molar-refractivity contribution < 1.29 is 4.79 Å². The Kier molecular flexibility index (Phi) is 2.87. The van der Waals surface area contributed by atoms with E-state index in [9.17, 15) is 4.79 Å². The van der Waals surface area contributed by atoms with Crippen LogP contribution in [-0.2, 0) is 4.79 Å². The Hall–Kier alpha value is -1.15. The van der Waals surface area contributed by atoms with Gasteiger partial charge in [-0.2, -0.15) is 0 Å². The van der Waals surface area contributed by atoms with Crippen LogP contribution >= 0.6 is 0 Å². The molecule has 80 valence electrons. The lowest BCUT2D eigenvalue weighted by atomic mass is 10.1.